The maximum Gasteiger partial charge on any atom is 0.240 e. The Morgan fingerprint density at radius 1 is 1.44 bits per heavy atom. The normalized spacial score (nSPS) is 12.3. The van der Waals surface area contributed by atoms with E-state index >= 15 is 0 Å². The lowest BCUT2D eigenvalue weighted by Crippen LogP contribution is -2.30. The smallest absolute Gasteiger partial charge is 0.240 e. The highest BCUT2D eigenvalue weighted by Crippen LogP contribution is 2.31. The first-order chi connectivity index (χ1) is 13.0. The summed E-state index contributed by atoms with van der Waals surface area (Å²) in [5.74, 6) is 2.02. The molecule has 3 rings (SSSR count). The standard InChI is InChI=1S/C19H24N4O3S/c1-4-7-16-21-22-19(27)23(16)11-17(24)20-12(3)15-10-13-8-6-9-14(25-5-2)18(13)26-15/h6,8-10,12H,4-5,7,11H2,1-3H3,(H,20,24)(H,22,27). The van der Waals surface area contributed by atoms with E-state index in [1.807, 2.05) is 38.1 Å². The molecule has 0 bridgehead atoms. The molecule has 2 heterocycles. The van der Waals surface area contributed by atoms with E-state index in [9.17, 15) is 4.79 Å². The van der Waals surface area contributed by atoms with E-state index < -0.39 is 0 Å². The Kier molecular flexibility index (Phi) is 5.95. The molecule has 0 aliphatic heterocycles. The molecule has 0 aliphatic carbocycles. The summed E-state index contributed by atoms with van der Waals surface area (Å²) in [6.07, 6.45) is 1.69. The molecule has 3 aromatic rings. The van der Waals surface area contributed by atoms with Crippen molar-refractivity contribution in [1.82, 2.24) is 20.1 Å². The number of aromatic amines is 1. The van der Waals surface area contributed by atoms with E-state index in [4.69, 9.17) is 21.4 Å². The van der Waals surface area contributed by atoms with Crippen molar-refractivity contribution < 1.29 is 13.9 Å². The topological polar surface area (TPSA) is 85.1 Å². The van der Waals surface area contributed by atoms with Crippen LogP contribution in [0.5, 0.6) is 5.75 Å². The van der Waals surface area contributed by atoms with Crippen molar-refractivity contribution in [2.75, 3.05) is 6.61 Å². The molecule has 0 saturated carbocycles. The van der Waals surface area contributed by atoms with Crippen LogP contribution in [0.1, 0.15) is 44.8 Å². The molecule has 0 radical (unpaired) electrons. The molecule has 0 aliphatic rings. The largest absolute Gasteiger partial charge is 0.490 e. The lowest BCUT2D eigenvalue weighted by atomic mass is 10.2. The highest BCUT2D eigenvalue weighted by Gasteiger charge is 2.17. The van der Waals surface area contributed by atoms with Gasteiger partial charge in [0.05, 0.1) is 12.6 Å². The zero-order chi connectivity index (χ0) is 19.4. The molecule has 7 nitrogen and oxygen atoms in total. The summed E-state index contributed by atoms with van der Waals surface area (Å²) < 4.78 is 13.7. The van der Waals surface area contributed by atoms with E-state index in [0.717, 1.165) is 24.1 Å². The van der Waals surface area contributed by atoms with Gasteiger partial charge in [0.15, 0.2) is 16.1 Å². The number of hydrogen-bond acceptors (Lipinski definition) is 5. The summed E-state index contributed by atoms with van der Waals surface area (Å²) >= 11 is 5.23. The number of hydrogen-bond donors (Lipinski definition) is 2. The summed E-state index contributed by atoms with van der Waals surface area (Å²) in [7, 11) is 0. The number of benzene rings is 1. The predicted octanol–water partition coefficient (Wildman–Crippen LogP) is 3.92. The number of aromatic nitrogens is 3. The molecule has 2 aromatic heterocycles. The third-order valence-electron chi connectivity index (χ3n) is 4.24. The zero-order valence-corrected chi connectivity index (χ0v) is 16.6. The van der Waals surface area contributed by atoms with Gasteiger partial charge in [0.1, 0.15) is 18.1 Å². The van der Waals surface area contributed by atoms with Crippen LogP contribution in [-0.4, -0.2) is 27.3 Å². The Labute approximate surface area is 162 Å². The Balaban J connectivity index is 1.73. The summed E-state index contributed by atoms with van der Waals surface area (Å²) in [5.41, 5.74) is 0.692. The predicted molar refractivity (Wildman–Crippen MR) is 105 cm³/mol. The highest BCUT2D eigenvalue weighted by molar-refractivity contribution is 7.71. The first-order valence-corrected chi connectivity index (χ1v) is 9.53. The van der Waals surface area contributed by atoms with Crippen LogP contribution in [0.2, 0.25) is 0 Å². The summed E-state index contributed by atoms with van der Waals surface area (Å²) in [6, 6.07) is 7.40. The second kappa shape index (κ2) is 8.39. The number of para-hydroxylation sites is 1. The zero-order valence-electron chi connectivity index (χ0n) is 15.7. The number of amides is 1. The van der Waals surface area contributed by atoms with Gasteiger partial charge in [-0.1, -0.05) is 19.1 Å². The Morgan fingerprint density at radius 2 is 2.26 bits per heavy atom. The number of H-pyrrole nitrogens is 1. The number of fused-ring (bicyclic) bond motifs is 1. The second-order valence-corrected chi connectivity index (χ2v) is 6.71. The van der Waals surface area contributed by atoms with Crippen LogP contribution in [0.3, 0.4) is 0 Å². The van der Waals surface area contributed by atoms with Crippen LogP contribution in [0.4, 0.5) is 0 Å². The minimum atomic E-state index is -0.282. The van der Waals surface area contributed by atoms with Crippen LogP contribution >= 0.6 is 12.2 Å². The Morgan fingerprint density at radius 3 is 3.00 bits per heavy atom. The highest BCUT2D eigenvalue weighted by atomic mass is 32.1. The number of rotatable bonds is 8. The number of furan rings is 1. The molecular formula is C19H24N4O3S. The monoisotopic (exact) mass is 388 g/mol. The first-order valence-electron chi connectivity index (χ1n) is 9.12. The average molecular weight is 388 g/mol. The maximum absolute atomic E-state index is 12.5. The van der Waals surface area contributed by atoms with E-state index in [2.05, 4.69) is 22.4 Å². The summed E-state index contributed by atoms with van der Waals surface area (Å²) in [4.78, 5) is 12.5. The van der Waals surface area contributed by atoms with Gasteiger partial charge in [0.25, 0.3) is 0 Å². The fourth-order valence-corrected chi connectivity index (χ4v) is 3.18. The average Bonchev–Trinajstić information content (AvgIpc) is 3.22. The maximum atomic E-state index is 12.5. The van der Waals surface area contributed by atoms with Gasteiger partial charge < -0.3 is 14.5 Å². The van der Waals surface area contributed by atoms with E-state index in [1.165, 1.54) is 0 Å². The molecule has 1 atom stereocenters. The molecule has 0 spiro atoms. The number of nitrogens with zero attached hydrogens (tertiary/aromatic N) is 2. The molecular weight excluding hydrogens is 364 g/mol. The minimum Gasteiger partial charge on any atom is -0.490 e. The lowest BCUT2D eigenvalue weighted by Gasteiger charge is -2.12. The number of carbonyl (C=O) groups is 1. The molecule has 27 heavy (non-hydrogen) atoms. The Hall–Kier alpha value is -2.61. The molecule has 0 saturated heterocycles. The number of nitrogens with one attached hydrogen (secondary N) is 2. The van der Waals surface area contributed by atoms with Crippen LogP contribution in [0.15, 0.2) is 28.7 Å². The van der Waals surface area contributed by atoms with Crippen molar-refractivity contribution in [2.24, 2.45) is 0 Å². The minimum absolute atomic E-state index is 0.124. The van der Waals surface area contributed by atoms with Crippen molar-refractivity contribution in [3.63, 3.8) is 0 Å². The van der Waals surface area contributed by atoms with Crippen LogP contribution in [0.25, 0.3) is 11.0 Å². The van der Waals surface area contributed by atoms with Gasteiger partial charge >= 0.3 is 0 Å². The fourth-order valence-electron chi connectivity index (χ4n) is 2.97. The van der Waals surface area contributed by atoms with Crippen LogP contribution in [0, 0.1) is 4.77 Å². The van der Waals surface area contributed by atoms with E-state index in [0.29, 0.717) is 28.5 Å². The molecule has 8 heteroatoms. The molecule has 144 valence electrons. The molecule has 0 fully saturated rings. The molecule has 2 N–H and O–H groups in total. The van der Waals surface area contributed by atoms with Gasteiger partial charge in [0, 0.05) is 11.8 Å². The van der Waals surface area contributed by atoms with Gasteiger partial charge in [0.2, 0.25) is 5.91 Å². The van der Waals surface area contributed by atoms with Crippen molar-refractivity contribution >= 4 is 29.1 Å². The van der Waals surface area contributed by atoms with Gasteiger partial charge in [-0.15, -0.1) is 0 Å². The quantitative estimate of drug-likeness (QED) is 0.572. The van der Waals surface area contributed by atoms with E-state index in [-0.39, 0.29) is 18.5 Å². The van der Waals surface area contributed by atoms with Crippen molar-refractivity contribution in [3.8, 4) is 5.75 Å². The van der Waals surface area contributed by atoms with Gasteiger partial charge in [-0.05, 0) is 44.6 Å². The summed E-state index contributed by atoms with van der Waals surface area (Å²) in [6.45, 7) is 6.56. The molecule has 1 unspecified atom stereocenters. The van der Waals surface area contributed by atoms with Crippen molar-refractivity contribution in [2.45, 2.75) is 46.2 Å². The Bertz CT molecular complexity index is 988. The van der Waals surface area contributed by atoms with Crippen molar-refractivity contribution in [1.29, 1.82) is 0 Å². The second-order valence-electron chi connectivity index (χ2n) is 6.33. The van der Waals surface area contributed by atoms with Crippen LogP contribution in [-0.2, 0) is 17.8 Å². The third-order valence-corrected chi connectivity index (χ3v) is 4.56. The van der Waals surface area contributed by atoms with E-state index in [1.54, 1.807) is 4.57 Å². The number of ether oxygens (including phenoxy) is 1. The lowest BCUT2D eigenvalue weighted by molar-refractivity contribution is -0.122. The first kappa shape index (κ1) is 19.2. The van der Waals surface area contributed by atoms with Gasteiger partial charge in [-0.2, -0.15) is 5.10 Å². The van der Waals surface area contributed by atoms with Crippen molar-refractivity contribution in [3.05, 3.63) is 40.6 Å². The van der Waals surface area contributed by atoms with Crippen LogP contribution < -0.4 is 10.1 Å². The number of carbonyl (C=O) groups excluding carboxylic acids is 1. The van der Waals surface area contributed by atoms with Gasteiger partial charge in [-0.25, -0.2) is 0 Å². The fraction of sp³-hybridized carbons (Fsp3) is 0.421. The molecule has 1 amide bonds. The van der Waals surface area contributed by atoms with Gasteiger partial charge in [-0.3, -0.25) is 14.5 Å². The number of aryl methyl sites for hydroxylation is 1. The third kappa shape index (κ3) is 4.21. The molecule has 1 aromatic carbocycles. The SMILES string of the molecule is CCCc1n[nH]c(=S)n1CC(=O)NC(C)c1cc2cccc(OCC)c2o1. The summed E-state index contributed by atoms with van der Waals surface area (Å²) in [5, 5.41) is 10.8.